The molecule has 118 valence electrons. The molecule has 0 aliphatic carbocycles. The van der Waals surface area contributed by atoms with Gasteiger partial charge in [0.15, 0.2) is 17.6 Å². The van der Waals surface area contributed by atoms with Gasteiger partial charge in [-0.15, -0.1) is 0 Å². The van der Waals surface area contributed by atoms with Gasteiger partial charge in [-0.05, 0) is 0 Å². The van der Waals surface area contributed by atoms with Crippen molar-refractivity contribution >= 4 is 22.8 Å². The van der Waals surface area contributed by atoms with Crippen LogP contribution in [-0.2, 0) is 4.74 Å². The van der Waals surface area contributed by atoms with E-state index >= 15 is 0 Å². The molecule has 1 saturated heterocycles. The Labute approximate surface area is 122 Å². The highest BCUT2D eigenvalue weighted by atomic mass is 16.6. The molecule has 22 heavy (non-hydrogen) atoms. The molecule has 1 aliphatic heterocycles. The number of hydrogen-bond acceptors (Lipinski definition) is 9. The molecule has 2 aromatic heterocycles. The first-order valence-corrected chi connectivity index (χ1v) is 6.30. The Morgan fingerprint density at radius 1 is 1.36 bits per heavy atom. The smallest absolute Gasteiger partial charge is 0.357 e. The van der Waals surface area contributed by atoms with Gasteiger partial charge in [-0.1, -0.05) is 0 Å². The average Bonchev–Trinajstić information content (AvgIpc) is 3.00. The highest BCUT2D eigenvalue weighted by molar-refractivity contribution is 6.04. The van der Waals surface area contributed by atoms with Crippen LogP contribution in [0.1, 0.15) is 16.7 Å². The molecule has 3 rings (SSSR count). The quantitative estimate of drug-likeness (QED) is 0.414. The van der Waals surface area contributed by atoms with Gasteiger partial charge in [0.2, 0.25) is 0 Å². The lowest BCUT2D eigenvalue weighted by atomic mass is 10.1. The van der Waals surface area contributed by atoms with Crippen LogP contribution in [0.25, 0.3) is 11.0 Å². The van der Waals surface area contributed by atoms with Crippen molar-refractivity contribution < 1.29 is 30.0 Å². The second-order valence-electron chi connectivity index (χ2n) is 4.78. The number of carboxylic acid groups (broad SMARTS) is 1. The number of ether oxygens (including phenoxy) is 1. The van der Waals surface area contributed by atoms with Crippen molar-refractivity contribution in [1.29, 1.82) is 0 Å². The second kappa shape index (κ2) is 5.14. The van der Waals surface area contributed by atoms with E-state index in [1.54, 1.807) is 0 Å². The van der Waals surface area contributed by atoms with Crippen LogP contribution in [0.3, 0.4) is 0 Å². The number of aliphatic hydroxyl groups is 3. The fourth-order valence-electron chi connectivity index (χ4n) is 2.40. The summed E-state index contributed by atoms with van der Waals surface area (Å²) in [6, 6.07) is 0. The van der Waals surface area contributed by atoms with Crippen LogP contribution >= 0.6 is 0 Å². The zero-order chi connectivity index (χ0) is 16.0. The van der Waals surface area contributed by atoms with Crippen LogP contribution in [0.15, 0.2) is 6.33 Å². The second-order valence-corrected chi connectivity index (χ2v) is 4.78. The minimum absolute atomic E-state index is 0.00717. The molecule has 1 aliphatic rings. The monoisotopic (exact) mass is 311 g/mol. The molecule has 0 saturated carbocycles. The Kier molecular flexibility index (Phi) is 3.41. The molecule has 6 N–H and O–H groups in total. The van der Waals surface area contributed by atoms with E-state index in [4.69, 9.17) is 15.6 Å². The van der Waals surface area contributed by atoms with Crippen LogP contribution in [0.2, 0.25) is 0 Å². The number of hydrogen-bond donors (Lipinski definition) is 5. The molecule has 0 radical (unpaired) electrons. The van der Waals surface area contributed by atoms with Gasteiger partial charge in [0.25, 0.3) is 0 Å². The molecule has 0 amide bonds. The third-order valence-electron chi connectivity index (χ3n) is 3.48. The number of nitrogen functional groups attached to an aromatic ring is 1. The lowest BCUT2D eigenvalue weighted by Crippen LogP contribution is -2.33. The van der Waals surface area contributed by atoms with Gasteiger partial charge in [-0.2, -0.15) is 5.10 Å². The maximum Gasteiger partial charge on any atom is 0.357 e. The molecule has 11 nitrogen and oxygen atoms in total. The summed E-state index contributed by atoms with van der Waals surface area (Å²) < 4.78 is 6.33. The number of anilines is 1. The van der Waals surface area contributed by atoms with E-state index in [0.29, 0.717) is 0 Å². The van der Waals surface area contributed by atoms with Crippen molar-refractivity contribution in [1.82, 2.24) is 19.7 Å². The SMILES string of the molecule is Nc1ncnc2c1c(C(=O)O)nn2C1O[C@H](CO)[C@@H](O)[C@H]1O. The highest BCUT2D eigenvalue weighted by Crippen LogP contribution is 2.32. The normalized spacial score (nSPS) is 28.3. The standard InChI is InChI=1S/C11H13N5O6/c12-8-4-5(11(20)21)15-16(9(4)14-2-13-8)10-7(19)6(18)3(1-17)22-10/h2-3,6-7,10,17-19H,1H2,(H,20,21)(H2,12,13,14)/t3-,6-,7-,10?/m1/s1. The lowest BCUT2D eigenvalue weighted by Gasteiger charge is -2.15. The number of carbonyl (C=O) groups is 1. The summed E-state index contributed by atoms with van der Waals surface area (Å²) in [4.78, 5) is 18.9. The molecule has 1 unspecified atom stereocenters. The summed E-state index contributed by atoms with van der Waals surface area (Å²) >= 11 is 0. The average molecular weight is 311 g/mol. The maximum absolute atomic E-state index is 11.3. The summed E-state index contributed by atoms with van der Waals surface area (Å²) in [6.07, 6.45) is -3.88. The maximum atomic E-state index is 11.3. The summed E-state index contributed by atoms with van der Waals surface area (Å²) in [5.74, 6) is -1.43. The molecule has 1 fully saturated rings. The minimum Gasteiger partial charge on any atom is -0.476 e. The molecule has 0 spiro atoms. The zero-order valence-electron chi connectivity index (χ0n) is 11.1. The van der Waals surface area contributed by atoms with Crippen molar-refractivity contribution in [3.8, 4) is 0 Å². The number of nitrogens with two attached hydrogens (primary N) is 1. The van der Waals surface area contributed by atoms with E-state index in [1.165, 1.54) is 0 Å². The number of rotatable bonds is 3. The lowest BCUT2D eigenvalue weighted by molar-refractivity contribution is -0.0568. The molecule has 0 bridgehead atoms. The van der Waals surface area contributed by atoms with Crippen molar-refractivity contribution in [3.63, 3.8) is 0 Å². The summed E-state index contributed by atoms with van der Waals surface area (Å²) in [7, 11) is 0. The predicted molar refractivity (Wildman–Crippen MR) is 69.7 cm³/mol. The largest absolute Gasteiger partial charge is 0.476 e. The highest BCUT2D eigenvalue weighted by Gasteiger charge is 2.45. The molecule has 4 atom stereocenters. The number of carboxylic acids is 1. The Morgan fingerprint density at radius 3 is 2.68 bits per heavy atom. The van der Waals surface area contributed by atoms with Gasteiger partial charge in [0.1, 0.15) is 30.5 Å². The minimum atomic E-state index is -1.42. The fourth-order valence-corrected chi connectivity index (χ4v) is 2.40. The van der Waals surface area contributed by atoms with E-state index in [2.05, 4.69) is 15.1 Å². The number of aromatic nitrogens is 4. The number of nitrogens with zero attached hydrogens (tertiary/aromatic N) is 4. The fraction of sp³-hybridized carbons (Fsp3) is 0.455. The van der Waals surface area contributed by atoms with Crippen molar-refractivity contribution in [2.45, 2.75) is 24.5 Å². The van der Waals surface area contributed by atoms with Crippen LogP contribution < -0.4 is 5.73 Å². The van der Waals surface area contributed by atoms with Gasteiger partial charge in [0.05, 0.1) is 12.0 Å². The predicted octanol–water partition coefficient (Wildman–Crippen LogP) is -2.28. The topological polar surface area (TPSA) is 177 Å². The van der Waals surface area contributed by atoms with Gasteiger partial charge in [-0.25, -0.2) is 19.4 Å². The van der Waals surface area contributed by atoms with Crippen LogP contribution in [0.4, 0.5) is 5.82 Å². The Morgan fingerprint density at radius 2 is 2.09 bits per heavy atom. The van der Waals surface area contributed by atoms with Crippen molar-refractivity contribution in [2.75, 3.05) is 12.3 Å². The van der Waals surface area contributed by atoms with E-state index in [9.17, 15) is 20.1 Å². The van der Waals surface area contributed by atoms with E-state index in [1.807, 2.05) is 0 Å². The Hall–Kier alpha value is -2.34. The summed E-state index contributed by atoms with van der Waals surface area (Å²) in [6.45, 7) is -0.517. The zero-order valence-corrected chi connectivity index (χ0v) is 11.1. The van der Waals surface area contributed by atoms with Gasteiger partial charge >= 0.3 is 5.97 Å². The third kappa shape index (κ3) is 1.99. The van der Waals surface area contributed by atoms with E-state index < -0.39 is 42.8 Å². The Balaban J connectivity index is 2.16. The van der Waals surface area contributed by atoms with Gasteiger partial charge < -0.3 is 30.9 Å². The Bertz CT molecular complexity index is 733. The van der Waals surface area contributed by atoms with Crippen LogP contribution in [0.5, 0.6) is 0 Å². The number of aromatic carboxylic acids is 1. The van der Waals surface area contributed by atoms with Gasteiger partial charge in [-0.3, -0.25) is 0 Å². The van der Waals surface area contributed by atoms with E-state index in [-0.39, 0.29) is 16.9 Å². The first-order chi connectivity index (χ1) is 10.5. The molecule has 11 heteroatoms. The number of aliphatic hydroxyl groups excluding tert-OH is 3. The molecular weight excluding hydrogens is 298 g/mol. The molecule has 2 aromatic rings. The third-order valence-corrected chi connectivity index (χ3v) is 3.48. The molecule has 3 heterocycles. The van der Waals surface area contributed by atoms with Crippen molar-refractivity contribution in [2.24, 2.45) is 0 Å². The van der Waals surface area contributed by atoms with Crippen LogP contribution in [0, 0.1) is 0 Å². The molecular formula is C11H13N5O6. The van der Waals surface area contributed by atoms with Crippen molar-refractivity contribution in [3.05, 3.63) is 12.0 Å². The molecule has 0 aromatic carbocycles. The van der Waals surface area contributed by atoms with E-state index in [0.717, 1.165) is 11.0 Å². The first-order valence-electron chi connectivity index (χ1n) is 6.30. The number of fused-ring (bicyclic) bond motifs is 1. The van der Waals surface area contributed by atoms with Gasteiger partial charge in [0, 0.05) is 0 Å². The summed E-state index contributed by atoms with van der Waals surface area (Å²) in [5, 5.41) is 42.0. The van der Waals surface area contributed by atoms with Crippen LogP contribution in [-0.4, -0.2) is 71.1 Å². The first kappa shape index (κ1) is 14.6. The summed E-state index contributed by atoms with van der Waals surface area (Å²) in [5.41, 5.74) is 5.31.